The molecule has 2 aliphatic rings. The Hall–Kier alpha value is -1.65. The molecule has 19 heavy (non-hydrogen) atoms. The topological polar surface area (TPSA) is 66.8 Å². The standard InChI is InChI=1S/C15H18O4/c1-3-4-5-6-11-7-10-8-13(16)15(2,18)14(17)12(10)9-19-11/h3-7,13,16,18H,8-9H2,1-2H3/t13-,15-/m1/s1. The minimum absolute atomic E-state index is 0.142. The smallest absolute Gasteiger partial charge is 0.196 e. The van der Waals surface area contributed by atoms with Crippen LogP contribution >= 0.6 is 0 Å². The van der Waals surface area contributed by atoms with Crippen LogP contribution in [0, 0.1) is 0 Å². The van der Waals surface area contributed by atoms with Crippen molar-refractivity contribution in [3.8, 4) is 0 Å². The highest BCUT2D eigenvalue weighted by Gasteiger charge is 2.45. The number of rotatable bonds is 2. The molecule has 1 aliphatic carbocycles. The summed E-state index contributed by atoms with van der Waals surface area (Å²) in [6.07, 6.45) is 8.35. The summed E-state index contributed by atoms with van der Waals surface area (Å²) in [7, 11) is 0. The Kier molecular flexibility index (Phi) is 3.73. The van der Waals surface area contributed by atoms with Crippen molar-refractivity contribution in [3.05, 3.63) is 47.3 Å². The van der Waals surface area contributed by atoms with Gasteiger partial charge < -0.3 is 14.9 Å². The molecular formula is C15H18O4. The van der Waals surface area contributed by atoms with Crippen LogP contribution in [0.1, 0.15) is 20.3 Å². The van der Waals surface area contributed by atoms with Gasteiger partial charge in [0.2, 0.25) is 0 Å². The maximum Gasteiger partial charge on any atom is 0.196 e. The van der Waals surface area contributed by atoms with E-state index >= 15 is 0 Å². The number of carbonyl (C=O) groups excluding carboxylic acids is 1. The van der Waals surface area contributed by atoms with E-state index in [9.17, 15) is 15.0 Å². The molecular weight excluding hydrogens is 244 g/mol. The Morgan fingerprint density at radius 2 is 2.21 bits per heavy atom. The van der Waals surface area contributed by atoms with Gasteiger partial charge in [0, 0.05) is 12.0 Å². The quantitative estimate of drug-likeness (QED) is 0.738. The zero-order chi connectivity index (χ0) is 14.0. The summed E-state index contributed by atoms with van der Waals surface area (Å²) in [6.45, 7) is 3.40. The third-order valence-corrected chi connectivity index (χ3v) is 3.45. The van der Waals surface area contributed by atoms with Crippen molar-refractivity contribution in [2.75, 3.05) is 6.61 Å². The first-order valence-electron chi connectivity index (χ1n) is 6.28. The molecule has 0 radical (unpaired) electrons. The average molecular weight is 262 g/mol. The van der Waals surface area contributed by atoms with E-state index in [-0.39, 0.29) is 13.0 Å². The summed E-state index contributed by atoms with van der Waals surface area (Å²) in [4.78, 5) is 12.1. The van der Waals surface area contributed by atoms with Crippen LogP contribution < -0.4 is 0 Å². The molecule has 4 nitrogen and oxygen atoms in total. The lowest BCUT2D eigenvalue weighted by Crippen LogP contribution is -2.51. The Labute approximate surface area is 112 Å². The Bertz CT molecular complexity index is 506. The fraction of sp³-hybridized carbons (Fsp3) is 0.400. The van der Waals surface area contributed by atoms with Crippen LogP contribution in [0.2, 0.25) is 0 Å². The zero-order valence-corrected chi connectivity index (χ0v) is 11.1. The van der Waals surface area contributed by atoms with Crippen molar-refractivity contribution in [2.24, 2.45) is 0 Å². The van der Waals surface area contributed by atoms with E-state index in [0.717, 1.165) is 5.57 Å². The van der Waals surface area contributed by atoms with E-state index in [2.05, 4.69) is 0 Å². The molecule has 0 spiro atoms. The molecule has 1 aliphatic heterocycles. The number of carbonyl (C=O) groups is 1. The van der Waals surface area contributed by atoms with E-state index < -0.39 is 17.5 Å². The highest BCUT2D eigenvalue weighted by Crippen LogP contribution is 2.34. The normalized spacial score (nSPS) is 31.7. The molecule has 2 atom stereocenters. The summed E-state index contributed by atoms with van der Waals surface area (Å²) >= 11 is 0. The number of hydrogen-bond donors (Lipinski definition) is 2. The molecule has 2 rings (SSSR count). The zero-order valence-electron chi connectivity index (χ0n) is 11.1. The second-order valence-electron chi connectivity index (χ2n) is 4.92. The van der Waals surface area contributed by atoms with E-state index in [4.69, 9.17) is 4.74 Å². The van der Waals surface area contributed by atoms with Gasteiger partial charge in [-0.3, -0.25) is 4.79 Å². The van der Waals surface area contributed by atoms with Crippen LogP contribution in [0.25, 0.3) is 0 Å². The van der Waals surface area contributed by atoms with E-state index in [1.165, 1.54) is 6.92 Å². The fourth-order valence-electron chi connectivity index (χ4n) is 2.16. The number of ether oxygens (including phenoxy) is 1. The highest BCUT2D eigenvalue weighted by atomic mass is 16.5. The second kappa shape index (κ2) is 5.15. The molecule has 0 aromatic rings. The third-order valence-electron chi connectivity index (χ3n) is 3.45. The van der Waals surface area contributed by atoms with Crippen LogP contribution in [-0.4, -0.2) is 34.3 Å². The summed E-state index contributed by atoms with van der Waals surface area (Å²) in [5.74, 6) is 0.201. The number of allylic oxidation sites excluding steroid dienone is 5. The third kappa shape index (κ3) is 2.55. The summed E-state index contributed by atoms with van der Waals surface area (Å²) in [5, 5.41) is 19.8. The van der Waals surface area contributed by atoms with Gasteiger partial charge in [-0.25, -0.2) is 0 Å². The number of Topliss-reactive ketones (excluding diaryl/α,β-unsaturated/α-hetero) is 1. The van der Waals surface area contributed by atoms with Gasteiger partial charge in [-0.2, -0.15) is 0 Å². The SMILES string of the molecule is CC=CC=CC1=CC2=C(CO1)C(=O)[C@](C)(O)[C@H](O)C2. The van der Waals surface area contributed by atoms with Crippen LogP contribution in [0.3, 0.4) is 0 Å². The second-order valence-corrected chi connectivity index (χ2v) is 4.92. The first-order chi connectivity index (χ1) is 8.96. The minimum Gasteiger partial charge on any atom is -0.489 e. The fourth-order valence-corrected chi connectivity index (χ4v) is 2.16. The van der Waals surface area contributed by atoms with E-state index in [0.29, 0.717) is 11.3 Å². The van der Waals surface area contributed by atoms with Crippen molar-refractivity contribution < 1.29 is 19.7 Å². The number of aliphatic hydroxyl groups excluding tert-OH is 1. The Morgan fingerprint density at radius 1 is 1.47 bits per heavy atom. The molecule has 4 heteroatoms. The van der Waals surface area contributed by atoms with Crippen molar-refractivity contribution in [2.45, 2.75) is 32.0 Å². The van der Waals surface area contributed by atoms with E-state index in [1.54, 1.807) is 12.2 Å². The average Bonchev–Trinajstić information content (AvgIpc) is 2.37. The molecule has 0 saturated carbocycles. The lowest BCUT2D eigenvalue weighted by Gasteiger charge is -2.35. The maximum absolute atomic E-state index is 12.1. The molecule has 0 aromatic carbocycles. The minimum atomic E-state index is -1.71. The first-order valence-corrected chi connectivity index (χ1v) is 6.28. The monoisotopic (exact) mass is 262 g/mol. The highest BCUT2D eigenvalue weighted by molar-refractivity contribution is 6.04. The van der Waals surface area contributed by atoms with Crippen molar-refractivity contribution in [1.29, 1.82) is 0 Å². The summed E-state index contributed by atoms with van der Waals surface area (Å²) in [5.41, 5.74) is -0.511. The molecule has 1 heterocycles. The predicted octanol–water partition coefficient (Wildman–Crippen LogP) is 1.41. The van der Waals surface area contributed by atoms with Crippen LogP contribution in [0.4, 0.5) is 0 Å². The molecule has 0 amide bonds. The van der Waals surface area contributed by atoms with Gasteiger partial charge >= 0.3 is 0 Å². The van der Waals surface area contributed by atoms with Gasteiger partial charge in [0.05, 0.1) is 6.10 Å². The van der Waals surface area contributed by atoms with Gasteiger partial charge in [-0.15, -0.1) is 0 Å². The first kappa shape index (κ1) is 13.8. The van der Waals surface area contributed by atoms with Crippen LogP contribution in [0.15, 0.2) is 47.3 Å². The van der Waals surface area contributed by atoms with Gasteiger partial charge in [0.25, 0.3) is 0 Å². The molecule has 0 aromatic heterocycles. The number of hydrogen-bond acceptors (Lipinski definition) is 4. The van der Waals surface area contributed by atoms with Gasteiger partial charge in [0.15, 0.2) is 11.4 Å². The van der Waals surface area contributed by atoms with Gasteiger partial charge in [-0.05, 0) is 31.6 Å². The van der Waals surface area contributed by atoms with Crippen molar-refractivity contribution >= 4 is 5.78 Å². The molecule has 0 saturated heterocycles. The van der Waals surface area contributed by atoms with Gasteiger partial charge in [-0.1, -0.05) is 18.2 Å². The maximum atomic E-state index is 12.1. The lowest BCUT2D eigenvalue weighted by molar-refractivity contribution is -0.145. The summed E-state index contributed by atoms with van der Waals surface area (Å²) < 4.78 is 5.46. The number of aliphatic hydroxyl groups is 2. The van der Waals surface area contributed by atoms with Crippen LogP contribution in [0.5, 0.6) is 0 Å². The molecule has 0 fully saturated rings. The largest absolute Gasteiger partial charge is 0.489 e. The lowest BCUT2D eigenvalue weighted by atomic mass is 9.77. The van der Waals surface area contributed by atoms with Crippen LogP contribution in [-0.2, 0) is 9.53 Å². The van der Waals surface area contributed by atoms with E-state index in [1.807, 2.05) is 25.2 Å². The Morgan fingerprint density at radius 3 is 2.89 bits per heavy atom. The molecule has 0 bridgehead atoms. The van der Waals surface area contributed by atoms with Gasteiger partial charge in [0.1, 0.15) is 12.4 Å². The number of ketones is 1. The predicted molar refractivity (Wildman–Crippen MR) is 71.3 cm³/mol. The van der Waals surface area contributed by atoms with Crippen molar-refractivity contribution in [3.63, 3.8) is 0 Å². The molecule has 102 valence electrons. The Balaban J connectivity index is 2.29. The van der Waals surface area contributed by atoms with Crippen molar-refractivity contribution in [1.82, 2.24) is 0 Å². The molecule has 2 N–H and O–H groups in total. The molecule has 0 unspecified atom stereocenters. The summed E-state index contributed by atoms with van der Waals surface area (Å²) in [6, 6.07) is 0.